The minimum absolute atomic E-state index is 0.280. The lowest BCUT2D eigenvalue weighted by Crippen LogP contribution is -1.99. The Hall–Kier alpha value is -3.53. The predicted molar refractivity (Wildman–Crippen MR) is 91.3 cm³/mol. The first-order chi connectivity index (χ1) is 12.2. The number of para-hydroxylation sites is 1. The lowest BCUT2D eigenvalue weighted by atomic mass is 10.1. The van der Waals surface area contributed by atoms with Crippen molar-refractivity contribution in [2.24, 2.45) is 0 Å². The van der Waals surface area contributed by atoms with Crippen molar-refractivity contribution < 1.29 is 13.9 Å². The molecule has 0 amide bonds. The number of ether oxygens (including phenoxy) is 2. The minimum Gasteiger partial charge on any atom is -0.493 e. The van der Waals surface area contributed by atoms with Crippen LogP contribution < -0.4 is 14.8 Å². The number of anilines is 1. The first kappa shape index (κ1) is 16.3. The van der Waals surface area contributed by atoms with Gasteiger partial charge in [-0.3, -0.25) is 0 Å². The van der Waals surface area contributed by atoms with E-state index in [1.54, 1.807) is 32.4 Å². The molecule has 7 nitrogen and oxygen atoms in total. The maximum absolute atomic E-state index is 8.94. The molecule has 0 saturated heterocycles. The number of hydrogen-bond acceptors (Lipinski definition) is 7. The van der Waals surface area contributed by atoms with Crippen LogP contribution in [0.25, 0.3) is 11.5 Å². The second-order valence-electron chi connectivity index (χ2n) is 5.12. The van der Waals surface area contributed by atoms with Crippen LogP contribution in [-0.4, -0.2) is 24.4 Å². The summed E-state index contributed by atoms with van der Waals surface area (Å²) in [5.74, 6) is 1.44. The van der Waals surface area contributed by atoms with Gasteiger partial charge in [-0.1, -0.05) is 23.3 Å². The number of nitrogens with zero attached hydrogens (tertiary/aromatic N) is 3. The van der Waals surface area contributed by atoms with Gasteiger partial charge in [0.1, 0.15) is 0 Å². The third-order valence-electron chi connectivity index (χ3n) is 3.56. The van der Waals surface area contributed by atoms with Crippen molar-refractivity contribution in [3.63, 3.8) is 0 Å². The molecule has 1 N–H and O–H groups in total. The quantitative estimate of drug-likeness (QED) is 0.738. The molecule has 25 heavy (non-hydrogen) atoms. The number of hydrogen-bond donors (Lipinski definition) is 1. The van der Waals surface area contributed by atoms with Gasteiger partial charge in [-0.2, -0.15) is 5.26 Å². The van der Waals surface area contributed by atoms with E-state index in [1.165, 1.54) is 0 Å². The van der Waals surface area contributed by atoms with Gasteiger partial charge in [0.15, 0.2) is 11.5 Å². The number of nitriles is 1. The van der Waals surface area contributed by atoms with Crippen LogP contribution in [0.4, 0.5) is 6.01 Å². The smallest absolute Gasteiger partial charge is 0.316 e. The summed E-state index contributed by atoms with van der Waals surface area (Å²) in [6, 6.07) is 15.1. The minimum atomic E-state index is 0.280. The Bertz CT molecular complexity index is 915. The van der Waals surface area contributed by atoms with Crippen LogP contribution in [0.3, 0.4) is 0 Å². The Morgan fingerprint density at radius 1 is 1.12 bits per heavy atom. The van der Waals surface area contributed by atoms with E-state index in [0.29, 0.717) is 35.1 Å². The van der Waals surface area contributed by atoms with Gasteiger partial charge in [-0.25, -0.2) is 0 Å². The third kappa shape index (κ3) is 3.53. The van der Waals surface area contributed by atoms with Crippen molar-refractivity contribution in [2.45, 2.75) is 6.54 Å². The molecule has 0 aliphatic carbocycles. The van der Waals surface area contributed by atoms with E-state index in [9.17, 15) is 0 Å². The summed E-state index contributed by atoms with van der Waals surface area (Å²) in [6.07, 6.45) is 0. The third-order valence-corrected chi connectivity index (χ3v) is 3.56. The normalized spacial score (nSPS) is 10.1. The van der Waals surface area contributed by atoms with Crippen molar-refractivity contribution in [3.05, 3.63) is 53.6 Å². The first-order valence-corrected chi connectivity index (χ1v) is 7.53. The molecule has 7 heteroatoms. The first-order valence-electron chi connectivity index (χ1n) is 7.53. The molecule has 0 unspecified atom stereocenters. The van der Waals surface area contributed by atoms with E-state index < -0.39 is 0 Å². The Balaban J connectivity index is 1.78. The monoisotopic (exact) mass is 336 g/mol. The van der Waals surface area contributed by atoms with Crippen molar-refractivity contribution >= 4 is 6.01 Å². The summed E-state index contributed by atoms with van der Waals surface area (Å²) in [6.45, 7) is 0.465. The van der Waals surface area contributed by atoms with Crippen LogP contribution in [-0.2, 0) is 6.54 Å². The molecule has 0 atom stereocenters. The fourth-order valence-electron chi connectivity index (χ4n) is 2.39. The molecule has 3 rings (SSSR count). The van der Waals surface area contributed by atoms with Crippen molar-refractivity contribution in [3.8, 4) is 29.0 Å². The molecule has 0 saturated carbocycles. The molecule has 0 radical (unpaired) electrons. The van der Waals surface area contributed by atoms with E-state index in [1.807, 2.05) is 24.3 Å². The fraction of sp³-hybridized carbons (Fsp3) is 0.167. The molecule has 0 aliphatic rings. The highest BCUT2D eigenvalue weighted by atomic mass is 16.5. The number of methoxy groups -OCH3 is 2. The number of benzene rings is 2. The average molecular weight is 336 g/mol. The van der Waals surface area contributed by atoms with E-state index in [4.69, 9.17) is 19.2 Å². The van der Waals surface area contributed by atoms with Gasteiger partial charge in [-0.05, 0) is 29.8 Å². The molecular weight excluding hydrogens is 320 g/mol. The number of nitrogens with one attached hydrogen (secondary N) is 1. The molecule has 3 aromatic rings. The van der Waals surface area contributed by atoms with Crippen molar-refractivity contribution in [1.82, 2.24) is 10.2 Å². The van der Waals surface area contributed by atoms with Crippen molar-refractivity contribution in [1.29, 1.82) is 5.26 Å². The van der Waals surface area contributed by atoms with Gasteiger partial charge in [0.05, 0.1) is 31.4 Å². The second kappa shape index (κ2) is 7.36. The predicted octanol–water partition coefficient (Wildman–Crippen LogP) is 3.24. The molecular formula is C18H16N4O3. The van der Waals surface area contributed by atoms with Crippen LogP contribution in [0.2, 0.25) is 0 Å². The van der Waals surface area contributed by atoms with Gasteiger partial charge >= 0.3 is 6.01 Å². The zero-order valence-electron chi connectivity index (χ0n) is 13.8. The molecule has 0 spiro atoms. The molecule has 2 aromatic carbocycles. The summed E-state index contributed by atoms with van der Waals surface area (Å²) < 4.78 is 16.3. The van der Waals surface area contributed by atoms with Gasteiger partial charge in [0.2, 0.25) is 0 Å². The SMILES string of the molecule is COc1cccc(-c2nnc(NCc3cccc(C#N)c3)o2)c1OC. The number of aromatic nitrogens is 2. The van der Waals surface area contributed by atoms with Crippen LogP contribution in [0.5, 0.6) is 11.5 Å². The molecule has 0 bridgehead atoms. The zero-order chi connectivity index (χ0) is 17.6. The highest BCUT2D eigenvalue weighted by Crippen LogP contribution is 2.37. The van der Waals surface area contributed by atoms with E-state index >= 15 is 0 Å². The lowest BCUT2D eigenvalue weighted by Gasteiger charge is -2.09. The van der Waals surface area contributed by atoms with Crippen molar-refractivity contribution in [2.75, 3.05) is 19.5 Å². The zero-order valence-corrected chi connectivity index (χ0v) is 13.8. The highest BCUT2D eigenvalue weighted by molar-refractivity contribution is 5.67. The average Bonchev–Trinajstić information content (AvgIpc) is 3.14. The Labute approximate surface area is 144 Å². The molecule has 126 valence electrons. The van der Waals surface area contributed by atoms with E-state index in [0.717, 1.165) is 5.56 Å². The highest BCUT2D eigenvalue weighted by Gasteiger charge is 2.17. The van der Waals surface area contributed by atoms with Gasteiger partial charge in [0.25, 0.3) is 5.89 Å². The fourth-order valence-corrected chi connectivity index (χ4v) is 2.39. The maximum Gasteiger partial charge on any atom is 0.316 e. The summed E-state index contributed by atoms with van der Waals surface area (Å²) in [4.78, 5) is 0. The van der Waals surface area contributed by atoms with Gasteiger partial charge < -0.3 is 19.2 Å². The molecule has 0 fully saturated rings. The Morgan fingerprint density at radius 2 is 1.96 bits per heavy atom. The standard InChI is InChI=1S/C18H16N4O3/c1-23-15-8-4-7-14(16(15)24-2)17-21-22-18(25-17)20-11-13-6-3-5-12(9-13)10-19/h3-9H,11H2,1-2H3,(H,20,22). The van der Waals surface area contributed by atoms with Crippen LogP contribution in [0.1, 0.15) is 11.1 Å². The maximum atomic E-state index is 8.94. The topological polar surface area (TPSA) is 93.2 Å². The summed E-state index contributed by atoms with van der Waals surface area (Å²) >= 11 is 0. The van der Waals surface area contributed by atoms with Crippen LogP contribution in [0, 0.1) is 11.3 Å². The number of rotatable bonds is 6. The van der Waals surface area contributed by atoms with E-state index in [-0.39, 0.29) is 6.01 Å². The Morgan fingerprint density at radius 3 is 2.72 bits per heavy atom. The van der Waals surface area contributed by atoms with Gasteiger partial charge in [0, 0.05) is 6.54 Å². The summed E-state index contributed by atoms with van der Waals surface area (Å²) in [5, 5.41) is 20.0. The molecule has 0 aliphatic heterocycles. The van der Waals surface area contributed by atoms with E-state index in [2.05, 4.69) is 21.6 Å². The van der Waals surface area contributed by atoms with Crippen LogP contribution in [0.15, 0.2) is 46.9 Å². The summed E-state index contributed by atoms with van der Waals surface area (Å²) in [5.41, 5.74) is 2.19. The molecule has 1 aromatic heterocycles. The summed E-state index contributed by atoms with van der Waals surface area (Å²) in [7, 11) is 3.12. The lowest BCUT2D eigenvalue weighted by molar-refractivity contribution is 0.355. The largest absolute Gasteiger partial charge is 0.493 e. The van der Waals surface area contributed by atoms with Crippen LogP contribution >= 0.6 is 0 Å². The Kier molecular flexibility index (Phi) is 4.81. The second-order valence-corrected chi connectivity index (χ2v) is 5.12. The van der Waals surface area contributed by atoms with Gasteiger partial charge in [-0.15, -0.1) is 5.10 Å². The molecule has 1 heterocycles.